The molecule has 0 saturated carbocycles. The number of nitrogens with one attached hydrogen (secondary N) is 2. The van der Waals surface area contributed by atoms with Gasteiger partial charge in [0.1, 0.15) is 24.2 Å². The van der Waals surface area contributed by atoms with E-state index in [1.54, 1.807) is 43.3 Å². The number of amides is 3. The molecule has 0 bridgehead atoms. The van der Waals surface area contributed by atoms with Crippen molar-refractivity contribution in [3.8, 4) is 5.75 Å². The van der Waals surface area contributed by atoms with Gasteiger partial charge in [-0.1, -0.05) is 18.2 Å². The second kappa shape index (κ2) is 7.96. The Morgan fingerprint density at radius 2 is 1.92 bits per heavy atom. The van der Waals surface area contributed by atoms with Crippen molar-refractivity contribution in [1.29, 1.82) is 0 Å². The van der Waals surface area contributed by atoms with Crippen LogP contribution in [0.3, 0.4) is 0 Å². The molecule has 0 aliphatic rings. The largest absolute Gasteiger partial charge is 0.489 e. The number of ether oxygens (including phenoxy) is 1. The number of rotatable bonds is 6. The average Bonchev–Trinajstić information content (AvgIpc) is 2.54. The lowest BCUT2D eigenvalue weighted by Gasteiger charge is -2.15. The molecule has 1 atom stereocenters. The van der Waals surface area contributed by atoms with E-state index in [4.69, 9.17) is 10.5 Å². The summed E-state index contributed by atoms with van der Waals surface area (Å²) >= 11 is 0. The monoisotopic (exact) mass is 331 g/mol. The standard InChI is InChI=1S/C17H18FN3O3/c1-11(16(22)21-17(19)23)20-14-3-2-4-15(9-14)24-10-12-5-7-13(18)8-6-12/h2-9,11,20H,10H2,1H3,(H3,19,21,22,23)/t11-/m0/s1. The van der Waals surface area contributed by atoms with Crippen LogP contribution in [-0.4, -0.2) is 18.0 Å². The summed E-state index contributed by atoms with van der Waals surface area (Å²) in [4.78, 5) is 22.3. The fourth-order valence-electron chi connectivity index (χ4n) is 1.97. The van der Waals surface area contributed by atoms with Crippen molar-refractivity contribution in [2.24, 2.45) is 5.73 Å². The summed E-state index contributed by atoms with van der Waals surface area (Å²) in [6.07, 6.45) is 0. The van der Waals surface area contributed by atoms with Crippen LogP contribution < -0.4 is 21.1 Å². The van der Waals surface area contributed by atoms with Crippen LogP contribution in [0.25, 0.3) is 0 Å². The van der Waals surface area contributed by atoms with Crippen LogP contribution in [-0.2, 0) is 11.4 Å². The molecule has 0 heterocycles. The van der Waals surface area contributed by atoms with Gasteiger partial charge in [-0.15, -0.1) is 0 Å². The molecule has 0 aromatic heterocycles. The predicted molar refractivity (Wildman–Crippen MR) is 88.0 cm³/mol. The number of hydrogen-bond acceptors (Lipinski definition) is 4. The number of imide groups is 1. The lowest BCUT2D eigenvalue weighted by atomic mass is 10.2. The highest BCUT2D eigenvalue weighted by Crippen LogP contribution is 2.19. The molecule has 3 amide bonds. The van der Waals surface area contributed by atoms with Gasteiger partial charge in [-0.2, -0.15) is 0 Å². The Kier molecular flexibility index (Phi) is 5.73. The molecule has 0 aliphatic heterocycles. The number of hydrogen-bond donors (Lipinski definition) is 3. The maximum Gasteiger partial charge on any atom is 0.318 e. The van der Waals surface area contributed by atoms with Crippen molar-refractivity contribution in [3.63, 3.8) is 0 Å². The van der Waals surface area contributed by atoms with E-state index in [0.29, 0.717) is 18.0 Å². The zero-order valence-corrected chi connectivity index (χ0v) is 13.1. The predicted octanol–water partition coefficient (Wildman–Crippen LogP) is 2.40. The quantitative estimate of drug-likeness (QED) is 0.758. The number of carbonyl (C=O) groups is 2. The smallest absolute Gasteiger partial charge is 0.318 e. The lowest BCUT2D eigenvalue weighted by Crippen LogP contribution is -2.43. The van der Waals surface area contributed by atoms with E-state index >= 15 is 0 Å². The van der Waals surface area contributed by atoms with E-state index in [1.807, 2.05) is 5.32 Å². The summed E-state index contributed by atoms with van der Waals surface area (Å²) in [5.74, 6) is -0.236. The van der Waals surface area contributed by atoms with E-state index in [9.17, 15) is 14.0 Å². The fourth-order valence-corrected chi connectivity index (χ4v) is 1.97. The first kappa shape index (κ1) is 17.3. The van der Waals surface area contributed by atoms with Crippen molar-refractivity contribution in [2.75, 3.05) is 5.32 Å². The Balaban J connectivity index is 1.94. The molecule has 2 aromatic rings. The molecule has 0 radical (unpaired) electrons. The Bertz CT molecular complexity index is 719. The van der Waals surface area contributed by atoms with Crippen LogP contribution >= 0.6 is 0 Å². The molecule has 0 spiro atoms. The normalized spacial score (nSPS) is 11.4. The number of halogens is 1. The summed E-state index contributed by atoms with van der Waals surface area (Å²) in [6, 6.07) is 11.5. The Morgan fingerprint density at radius 1 is 1.21 bits per heavy atom. The molecule has 4 N–H and O–H groups in total. The van der Waals surface area contributed by atoms with Gasteiger partial charge in [0.25, 0.3) is 0 Å². The van der Waals surface area contributed by atoms with Gasteiger partial charge in [0.05, 0.1) is 0 Å². The van der Waals surface area contributed by atoms with E-state index in [1.165, 1.54) is 12.1 Å². The summed E-state index contributed by atoms with van der Waals surface area (Å²) < 4.78 is 18.5. The van der Waals surface area contributed by atoms with Crippen LogP contribution in [0.4, 0.5) is 14.9 Å². The van der Waals surface area contributed by atoms with E-state index < -0.39 is 18.0 Å². The fraction of sp³-hybridized carbons (Fsp3) is 0.176. The number of anilines is 1. The number of urea groups is 1. The van der Waals surface area contributed by atoms with E-state index in [-0.39, 0.29) is 5.82 Å². The molecule has 126 valence electrons. The molecule has 6 nitrogen and oxygen atoms in total. The van der Waals surface area contributed by atoms with Gasteiger partial charge in [-0.25, -0.2) is 9.18 Å². The second-order valence-electron chi connectivity index (χ2n) is 5.16. The summed E-state index contributed by atoms with van der Waals surface area (Å²) in [5.41, 5.74) is 6.40. The summed E-state index contributed by atoms with van der Waals surface area (Å²) in [6.45, 7) is 1.89. The molecule has 2 aromatic carbocycles. The van der Waals surface area contributed by atoms with Crippen LogP contribution in [0.5, 0.6) is 5.75 Å². The number of benzene rings is 2. The second-order valence-corrected chi connectivity index (χ2v) is 5.16. The van der Waals surface area contributed by atoms with Gasteiger partial charge in [0, 0.05) is 11.8 Å². The molecule has 0 saturated heterocycles. The Morgan fingerprint density at radius 3 is 2.58 bits per heavy atom. The van der Waals surface area contributed by atoms with Crippen molar-refractivity contribution in [1.82, 2.24) is 5.32 Å². The van der Waals surface area contributed by atoms with Gasteiger partial charge < -0.3 is 15.8 Å². The SMILES string of the molecule is C[C@H](Nc1cccc(OCc2ccc(F)cc2)c1)C(=O)NC(N)=O. The Labute approximate surface area is 138 Å². The highest BCUT2D eigenvalue weighted by molar-refractivity contribution is 5.97. The molecule has 0 fully saturated rings. The first-order chi connectivity index (χ1) is 11.4. The number of carbonyl (C=O) groups excluding carboxylic acids is 2. The molecule has 24 heavy (non-hydrogen) atoms. The average molecular weight is 331 g/mol. The zero-order chi connectivity index (χ0) is 17.5. The first-order valence-electron chi connectivity index (χ1n) is 7.28. The highest BCUT2D eigenvalue weighted by atomic mass is 19.1. The molecule has 0 aliphatic carbocycles. The summed E-state index contributed by atoms with van der Waals surface area (Å²) in [7, 11) is 0. The van der Waals surface area contributed by atoms with Crippen LogP contribution in [0.1, 0.15) is 12.5 Å². The van der Waals surface area contributed by atoms with Crippen molar-refractivity contribution in [2.45, 2.75) is 19.6 Å². The van der Waals surface area contributed by atoms with Gasteiger partial charge >= 0.3 is 6.03 Å². The van der Waals surface area contributed by atoms with Crippen molar-refractivity contribution < 1.29 is 18.7 Å². The molecular formula is C17H18FN3O3. The maximum atomic E-state index is 12.9. The Hall–Kier alpha value is -3.09. The van der Waals surface area contributed by atoms with Crippen molar-refractivity contribution >= 4 is 17.6 Å². The minimum Gasteiger partial charge on any atom is -0.489 e. The maximum absolute atomic E-state index is 12.9. The molecule has 0 unspecified atom stereocenters. The third-order valence-corrected chi connectivity index (χ3v) is 3.18. The van der Waals surface area contributed by atoms with E-state index in [0.717, 1.165) is 5.56 Å². The number of nitrogens with two attached hydrogens (primary N) is 1. The first-order valence-corrected chi connectivity index (χ1v) is 7.28. The third kappa shape index (κ3) is 5.28. The lowest BCUT2D eigenvalue weighted by molar-refractivity contribution is -0.120. The third-order valence-electron chi connectivity index (χ3n) is 3.18. The number of primary amides is 1. The minimum atomic E-state index is -0.898. The van der Waals surface area contributed by atoms with E-state index in [2.05, 4.69) is 5.32 Å². The minimum absolute atomic E-state index is 0.293. The van der Waals surface area contributed by atoms with Gasteiger partial charge in [-0.3, -0.25) is 10.1 Å². The van der Waals surface area contributed by atoms with Gasteiger partial charge in [0.2, 0.25) is 5.91 Å². The molecular weight excluding hydrogens is 313 g/mol. The molecule has 7 heteroatoms. The summed E-state index contributed by atoms with van der Waals surface area (Å²) in [5, 5.41) is 4.95. The topological polar surface area (TPSA) is 93.4 Å². The zero-order valence-electron chi connectivity index (χ0n) is 13.1. The van der Waals surface area contributed by atoms with Gasteiger partial charge in [-0.05, 0) is 36.8 Å². The van der Waals surface area contributed by atoms with Crippen molar-refractivity contribution in [3.05, 3.63) is 59.9 Å². The highest BCUT2D eigenvalue weighted by Gasteiger charge is 2.14. The van der Waals surface area contributed by atoms with Crippen LogP contribution in [0, 0.1) is 5.82 Å². The molecule has 2 rings (SSSR count). The van der Waals surface area contributed by atoms with Gasteiger partial charge in [0.15, 0.2) is 0 Å². The van der Waals surface area contributed by atoms with Crippen LogP contribution in [0.2, 0.25) is 0 Å². The van der Waals surface area contributed by atoms with Crippen LogP contribution in [0.15, 0.2) is 48.5 Å².